The lowest BCUT2D eigenvalue weighted by Crippen LogP contribution is -2.62. The number of alkyl halides is 8. The van der Waals surface area contributed by atoms with Crippen molar-refractivity contribution in [1.29, 1.82) is 0 Å². The van der Waals surface area contributed by atoms with Gasteiger partial charge in [-0.25, -0.2) is 55.8 Å². The Morgan fingerprint density at radius 2 is 1.34 bits per heavy atom. The molecule has 4 saturated heterocycles. The number of ether oxygens (including phenoxy) is 6. The molecular weight excluding hydrogens is 1610 g/mol. The maximum atomic E-state index is 16.8. The number of phosphoric ester groups is 1. The zero-order valence-electron chi connectivity index (χ0n) is 65.1. The molecule has 2 unspecified atom stereocenters. The number of carbonyl (C=O) groups excluding carboxylic acids is 7. The second-order valence-electron chi connectivity index (χ2n) is 30.4. The third-order valence-corrected chi connectivity index (χ3v) is 22.5. The number of anilines is 1. The average Bonchev–Trinajstić information content (AvgIpc) is 1.76. The minimum Gasteiger partial charge on any atom is -0.453 e. The first kappa shape index (κ1) is 91.1. The van der Waals surface area contributed by atoms with Crippen LogP contribution in [0.25, 0.3) is 11.3 Å². The summed E-state index contributed by atoms with van der Waals surface area (Å²) in [7, 11) is -7.58. The minimum atomic E-state index is -5.43. The average molecular weight is 1700 g/mol. The lowest BCUT2D eigenvalue weighted by atomic mass is 9.77. The van der Waals surface area contributed by atoms with E-state index in [-0.39, 0.29) is 47.6 Å². The number of hydrogen-bond donors (Lipinski definition) is 5. The van der Waals surface area contributed by atoms with Crippen LogP contribution in [0.15, 0.2) is 73.2 Å². The highest BCUT2D eigenvalue weighted by Crippen LogP contribution is 2.47. The van der Waals surface area contributed by atoms with Crippen LogP contribution in [0.1, 0.15) is 113 Å². The number of phosphoric acid groups is 1. The number of amides is 4. The molecule has 4 aliphatic rings. The topological polar surface area (TPSA) is 372 Å². The van der Waals surface area contributed by atoms with Crippen molar-refractivity contribution < 1.29 is 133 Å². The highest BCUT2D eigenvalue weighted by Gasteiger charge is 2.58. The van der Waals surface area contributed by atoms with Gasteiger partial charge >= 0.3 is 51.0 Å². The molecule has 0 aliphatic carbocycles. The second-order valence-corrected chi connectivity index (χ2v) is 33.6. The number of hydrazine groups is 1. The monoisotopic (exact) mass is 1700 g/mol. The number of benzene rings is 3. The number of rotatable bonds is 31. The fourth-order valence-electron chi connectivity index (χ4n) is 14.3. The van der Waals surface area contributed by atoms with Gasteiger partial charge in [-0.05, 0) is 107 Å². The molecule has 2 aromatic heterocycles. The predicted octanol–water partition coefficient (Wildman–Crippen LogP) is 8.56. The van der Waals surface area contributed by atoms with Crippen LogP contribution in [0.2, 0.25) is 0 Å². The molecule has 5 aromatic rings. The molecule has 6 atom stereocenters. The normalized spacial score (nSPS) is 17.7. The smallest absolute Gasteiger partial charge is 0.453 e. The maximum absolute atomic E-state index is 16.8. The van der Waals surface area contributed by atoms with Crippen LogP contribution in [0, 0.1) is 47.1 Å². The summed E-state index contributed by atoms with van der Waals surface area (Å²) in [5.74, 6) is -4.29. The van der Waals surface area contributed by atoms with Gasteiger partial charge in [0.25, 0.3) is 5.91 Å². The second kappa shape index (κ2) is 37.0. The van der Waals surface area contributed by atoms with Gasteiger partial charge in [0.1, 0.15) is 35.6 Å². The molecule has 5 N–H and O–H groups in total. The third-order valence-electron chi connectivity index (χ3n) is 20.8. The Kier molecular flexibility index (Phi) is 28.9. The number of nitrogens with one attached hydrogen (secondary N) is 3. The van der Waals surface area contributed by atoms with Crippen LogP contribution in [0.3, 0.4) is 0 Å². The number of aryl methyl sites for hydroxylation is 1. The number of fused-ring (bicyclic) bond motifs is 2. The molecule has 0 saturated carbocycles. The van der Waals surface area contributed by atoms with Gasteiger partial charge in [0, 0.05) is 116 Å². The lowest BCUT2D eigenvalue weighted by molar-refractivity contribution is -0.221. The number of halogens is 10. The van der Waals surface area contributed by atoms with Crippen molar-refractivity contribution in [1.82, 2.24) is 54.9 Å². The Morgan fingerprint density at radius 3 is 1.87 bits per heavy atom. The number of esters is 1. The van der Waals surface area contributed by atoms with E-state index in [4.69, 9.17) is 23.5 Å². The van der Waals surface area contributed by atoms with Crippen molar-refractivity contribution in [3.8, 4) is 28.8 Å². The molecule has 4 fully saturated rings. The minimum absolute atomic E-state index is 0.0465. The highest BCUT2D eigenvalue weighted by molar-refractivity contribution is 7.88. The Balaban J connectivity index is 1.09. The molecule has 3 aromatic carbocycles. The summed E-state index contributed by atoms with van der Waals surface area (Å²) in [6.45, 7) is 1.39. The summed E-state index contributed by atoms with van der Waals surface area (Å²) in [5, 5.41) is 7.67. The zero-order valence-corrected chi connectivity index (χ0v) is 66.8. The van der Waals surface area contributed by atoms with E-state index in [1.807, 2.05) is 10.7 Å². The first-order valence-corrected chi connectivity index (χ1v) is 39.8. The van der Waals surface area contributed by atoms with Gasteiger partial charge in [0.15, 0.2) is 5.78 Å². The van der Waals surface area contributed by atoms with E-state index in [1.54, 1.807) is 5.32 Å². The van der Waals surface area contributed by atoms with Crippen LogP contribution >= 0.6 is 7.82 Å². The molecular formula is C74H89F10N12O19PS. The highest BCUT2D eigenvalue weighted by atomic mass is 32.2. The van der Waals surface area contributed by atoms with Gasteiger partial charge in [-0.3, -0.25) is 39.3 Å². The van der Waals surface area contributed by atoms with Crippen LogP contribution < -0.4 is 25.5 Å². The van der Waals surface area contributed by atoms with E-state index in [0.717, 1.165) is 49.9 Å². The number of hydrogen-bond acceptors (Lipinski definition) is 23. The maximum Gasteiger partial charge on any atom is 0.524 e. The van der Waals surface area contributed by atoms with Gasteiger partial charge in [-0.2, -0.15) is 44.5 Å². The molecule has 9 rings (SSSR count). The number of aromatic nitrogens is 4. The summed E-state index contributed by atoms with van der Waals surface area (Å²) in [4.78, 5) is 133. The van der Waals surface area contributed by atoms with E-state index in [9.17, 15) is 60.3 Å². The Hall–Kier alpha value is -9.76. The molecule has 6 heterocycles. The number of carbonyl (C=O) groups is 7. The van der Waals surface area contributed by atoms with Crippen molar-refractivity contribution in [3.05, 3.63) is 124 Å². The number of sulfonamides is 1. The number of ketones is 1. The summed E-state index contributed by atoms with van der Waals surface area (Å²) >= 11 is 0. The Labute approximate surface area is 665 Å². The molecule has 640 valence electrons. The van der Waals surface area contributed by atoms with E-state index in [1.165, 1.54) is 74.5 Å². The predicted molar refractivity (Wildman–Crippen MR) is 393 cm³/mol. The van der Waals surface area contributed by atoms with Crippen molar-refractivity contribution in [2.75, 3.05) is 91.2 Å². The molecule has 117 heavy (non-hydrogen) atoms. The molecule has 43 heteroatoms. The number of Topliss-reactive ketones (excluding diaryl/α,β-unsaturated/α-hetero) is 1. The third kappa shape index (κ3) is 23.2. The SMILES string of the molecule is COC(=O)N[C@H](C(=O)C[C@@H](Cc1ccc(C#Cc2cnc(N3CC4CCC(C3)N4C3COC3)nc2)cc1)[C@H](CN(Cc1c(F)cc(-c2ccn(C(F)F)n2)cc1F)NC(=O)[C@@H](NC(=O)OC)C(C)(C)C(F)(F)F)OC(=O)OCOC(=O)CC(C)(C)c1c(CC(=O)N2CCN(S(C)(=O)=O)CC2)cc(C)cc1OP(=O)(O)O)C(C)(C)C(F)(F)F. The first-order chi connectivity index (χ1) is 54.5. The van der Waals surface area contributed by atoms with E-state index < -0.39 is 199 Å². The molecule has 4 aliphatic heterocycles. The standard InChI is InChI=1S/C74H89F10N12O19PS/c1-42-25-48(31-59(98)91-21-23-94(24-22-91)117(10,107)108)61(57(26-42)115-116(104,105)106)70(2,3)32-60(99)112-41-113-69(103)114-58(38-93(90-64(100)63(88-68(102)110-9)72(6,7)74(82,83)84)37-52-53(75)28-46(29-54(52)76)55-19-20-95(89-55)65(77)78)47(30-56(97)62(87-67(101)109-8)71(4,5)73(79,80)81)27-44-14-11-43(12-15-44)13-16-45-33-85-66(86-34-45)92-35-49-17-18-50(36-92)96(49)51-39-111-40-51/h11-12,14-15,19-20,25-26,28-29,33-34,47,49-51,58,62-63,65H,17-18,21-24,27,30-32,35-41H2,1-10H3,(H,87,101)(H,88,102)(H,90,100)(H2,104,105,106)/t47-,49?,50?,58+,62-,63-/m1/s1. The number of methoxy groups -OCH3 is 2. The fourth-order valence-corrected chi connectivity index (χ4v) is 15.5. The van der Waals surface area contributed by atoms with E-state index in [0.29, 0.717) is 112 Å². The molecule has 2 bridgehead atoms. The Morgan fingerprint density at radius 1 is 0.769 bits per heavy atom. The number of nitrogens with zero attached hydrogens (tertiary/aromatic N) is 9. The summed E-state index contributed by atoms with van der Waals surface area (Å²) in [6.07, 6.45) is -14.6. The molecule has 31 nitrogen and oxygen atoms in total. The van der Waals surface area contributed by atoms with E-state index in [2.05, 4.69) is 46.2 Å². The van der Waals surface area contributed by atoms with Crippen LogP contribution in [-0.2, 0) is 87.0 Å². The Bertz CT molecular complexity index is 4650. The molecule has 0 radical (unpaired) electrons. The molecule has 4 amide bonds. The summed E-state index contributed by atoms with van der Waals surface area (Å²) in [5.41, 5.74) is -7.04. The summed E-state index contributed by atoms with van der Waals surface area (Å²) in [6, 6.07) is 6.07. The molecule has 0 spiro atoms. The van der Waals surface area contributed by atoms with Gasteiger partial charge in [-0.15, -0.1) is 0 Å². The van der Waals surface area contributed by atoms with Crippen molar-refractivity contribution in [2.45, 2.75) is 154 Å². The zero-order chi connectivity index (χ0) is 86.2. The lowest BCUT2D eigenvalue weighted by Gasteiger charge is -2.47. The van der Waals surface area contributed by atoms with Gasteiger partial charge in [0.05, 0.1) is 81.2 Å². The van der Waals surface area contributed by atoms with Crippen molar-refractivity contribution >= 4 is 65.7 Å². The van der Waals surface area contributed by atoms with E-state index >= 15 is 39.9 Å². The van der Waals surface area contributed by atoms with Gasteiger partial charge < -0.3 is 53.4 Å². The van der Waals surface area contributed by atoms with Crippen LogP contribution in [-0.4, -0.2) is 234 Å². The van der Waals surface area contributed by atoms with Crippen LogP contribution in [0.4, 0.5) is 64.2 Å². The quantitative estimate of drug-likeness (QED) is 0.00527. The largest absolute Gasteiger partial charge is 0.524 e. The fraction of sp³-hybridized carbons (Fsp3) is 0.541. The first-order valence-electron chi connectivity index (χ1n) is 36.4. The van der Waals surface area contributed by atoms with Crippen molar-refractivity contribution in [2.24, 2.45) is 16.7 Å². The van der Waals surface area contributed by atoms with Gasteiger partial charge in [-0.1, -0.05) is 43.9 Å². The summed E-state index contributed by atoms with van der Waals surface area (Å²) < 4.78 is 226. The number of piperazine rings is 2. The number of alkyl carbamates (subject to hydrolysis) is 2. The van der Waals surface area contributed by atoms with Gasteiger partial charge in [0.2, 0.25) is 28.7 Å². The van der Waals surface area contributed by atoms with Crippen molar-refractivity contribution in [3.63, 3.8) is 0 Å². The van der Waals surface area contributed by atoms with Crippen LogP contribution in [0.5, 0.6) is 5.75 Å².